The zero-order chi connectivity index (χ0) is 15.2. The molecule has 0 spiro atoms. The van der Waals surface area contributed by atoms with Gasteiger partial charge in [-0.1, -0.05) is 6.07 Å². The quantitative estimate of drug-likeness (QED) is 0.739. The van der Waals surface area contributed by atoms with Gasteiger partial charge in [0, 0.05) is 19.6 Å². The van der Waals surface area contributed by atoms with Crippen molar-refractivity contribution in [1.29, 1.82) is 0 Å². The Hall–Kier alpha value is -2.28. The second kappa shape index (κ2) is 6.94. The summed E-state index contributed by atoms with van der Waals surface area (Å²) in [5.41, 5.74) is 0.811. The number of aliphatic hydroxyl groups excluding tert-OH is 1. The minimum absolute atomic E-state index is 0.146. The van der Waals surface area contributed by atoms with E-state index in [2.05, 4.69) is 5.32 Å². The number of nitrogens with one attached hydrogen (secondary N) is 1. The van der Waals surface area contributed by atoms with Gasteiger partial charge in [-0.25, -0.2) is 0 Å². The van der Waals surface area contributed by atoms with Crippen LogP contribution in [0.15, 0.2) is 18.2 Å². The standard InChI is InChI=1S/C14H18N2O5/c1-2-16(5-6-17)14(19)13(18)15-8-10-3-4-11-12(7-10)21-9-20-11/h3-4,7,17H,2,5-6,8-9H2,1H3,(H,15,18). The number of benzene rings is 1. The molecule has 1 aliphatic rings. The van der Waals surface area contributed by atoms with Gasteiger partial charge in [0.25, 0.3) is 0 Å². The number of fused-ring (bicyclic) bond motifs is 1. The first-order valence-electron chi connectivity index (χ1n) is 6.72. The molecule has 114 valence electrons. The van der Waals surface area contributed by atoms with Crippen molar-refractivity contribution >= 4 is 11.8 Å². The molecule has 21 heavy (non-hydrogen) atoms. The van der Waals surface area contributed by atoms with E-state index < -0.39 is 11.8 Å². The summed E-state index contributed by atoms with van der Waals surface area (Å²) >= 11 is 0. The Kier molecular flexibility index (Phi) is 4.99. The van der Waals surface area contributed by atoms with Crippen molar-refractivity contribution in [2.75, 3.05) is 26.5 Å². The van der Waals surface area contributed by atoms with Gasteiger partial charge in [-0.3, -0.25) is 9.59 Å². The fourth-order valence-electron chi connectivity index (χ4n) is 1.98. The summed E-state index contributed by atoms with van der Waals surface area (Å²) in [5.74, 6) is -0.0416. The summed E-state index contributed by atoms with van der Waals surface area (Å²) in [6.07, 6.45) is 0. The molecule has 0 aromatic heterocycles. The molecule has 1 aromatic carbocycles. The number of nitrogens with zero attached hydrogens (tertiary/aromatic N) is 1. The van der Waals surface area contributed by atoms with Gasteiger partial charge in [-0.2, -0.15) is 0 Å². The predicted octanol–water partition coefficient (Wildman–Crippen LogP) is -0.128. The highest BCUT2D eigenvalue weighted by molar-refractivity contribution is 6.34. The van der Waals surface area contributed by atoms with E-state index in [1.54, 1.807) is 25.1 Å². The number of rotatable bonds is 5. The molecule has 0 saturated carbocycles. The van der Waals surface area contributed by atoms with Crippen molar-refractivity contribution in [3.63, 3.8) is 0 Å². The Morgan fingerprint density at radius 3 is 2.81 bits per heavy atom. The fourth-order valence-corrected chi connectivity index (χ4v) is 1.98. The summed E-state index contributed by atoms with van der Waals surface area (Å²) in [6, 6.07) is 5.32. The summed E-state index contributed by atoms with van der Waals surface area (Å²) in [7, 11) is 0. The van der Waals surface area contributed by atoms with Crippen molar-refractivity contribution in [2.45, 2.75) is 13.5 Å². The molecule has 2 rings (SSSR count). The number of likely N-dealkylation sites (N-methyl/N-ethyl adjacent to an activating group) is 1. The van der Waals surface area contributed by atoms with Crippen LogP contribution in [-0.4, -0.2) is 48.3 Å². The minimum atomic E-state index is -0.692. The average Bonchev–Trinajstić information content (AvgIpc) is 2.97. The highest BCUT2D eigenvalue weighted by Crippen LogP contribution is 2.32. The summed E-state index contributed by atoms with van der Waals surface area (Å²) in [4.78, 5) is 24.9. The molecule has 7 nitrogen and oxygen atoms in total. The molecule has 1 aliphatic heterocycles. The lowest BCUT2D eigenvalue weighted by Crippen LogP contribution is -2.43. The largest absolute Gasteiger partial charge is 0.454 e. The van der Waals surface area contributed by atoms with Crippen molar-refractivity contribution in [3.05, 3.63) is 23.8 Å². The minimum Gasteiger partial charge on any atom is -0.454 e. The SMILES string of the molecule is CCN(CCO)C(=O)C(=O)NCc1ccc2c(c1)OCO2. The monoisotopic (exact) mass is 294 g/mol. The molecule has 2 N–H and O–H groups in total. The topological polar surface area (TPSA) is 88.1 Å². The van der Waals surface area contributed by atoms with Gasteiger partial charge in [-0.05, 0) is 24.6 Å². The van der Waals surface area contributed by atoms with Crippen LogP contribution < -0.4 is 14.8 Å². The van der Waals surface area contributed by atoms with E-state index in [-0.39, 0.29) is 26.5 Å². The summed E-state index contributed by atoms with van der Waals surface area (Å²) < 4.78 is 10.4. The van der Waals surface area contributed by atoms with Crippen molar-refractivity contribution in [1.82, 2.24) is 10.2 Å². The van der Waals surface area contributed by atoms with Crippen LogP contribution in [0.4, 0.5) is 0 Å². The Morgan fingerprint density at radius 2 is 2.10 bits per heavy atom. The molecular formula is C14H18N2O5. The second-order valence-corrected chi connectivity index (χ2v) is 4.48. The van der Waals surface area contributed by atoms with Gasteiger partial charge in [0.2, 0.25) is 6.79 Å². The van der Waals surface area contributed by atoms with E-state index >= 15 is 0 Å². The van der Waals surface area contributed by atoms with Crippen molar-refractivity contribution in [3.8, 4) is 11.5 Å². The van der Waals surface area contributed by atoms with Crippen LogP contribution in [0.5, 0.6) is 11.5 Å². The smallest absolute Gasteiger partial charge is 0.311 e. The van der Waals surface area contributed by atoms with Crippen molar-refractivity contribution < 1.29 is 24.2 Å². The lowest BCUT2D eigenvalue weighted by Gasteiger charge is -2.18. The first kappa shape index (κ1) is 15.1. The molecule has 0 fully saturated rings. The Bertz CT molecular complexity index is 532. The molecule has 0 unspecified atom stereocenters. The highest BCUT2D eigenvalue weighted by atomic mass is 16.7. The maximum atomic E-state index is 11.8. The molecule has 0 saturated heterocycles. The number of aliphatic hydroxyl groups is 1. The Morgan fingerprint density at radius 1 is 1.33 bits per heavy atom. The maximum absolute atomic E-state index is 11.8. The number of amides is 2. The van der Waals surface area contributed by atoms with Gasteiger partial charge >= 0.3 is 11.8 Å². The number of carbonyl (C=O) groups is 2. The highest BCUT2D eigenvalue weighted by Gasteiger charge is 2.20. The van der Waals surface area contributed by atoms with E-state index in [9.17, 15) is 9.59 Å². The van der Waals surface area contributed by atoms with Gasteiger partial charge < -0.3 is 24.8 Å². The lowest BCUT2D eigenvalue weighted by molar-refractivity contribution is -0.146. The van der Waals surface area contributed by atoms with E-state index in [1.807, 2.05) is 0 Å². The lowest BCUT2D eigenvalue weighted by atomic mass is 10.2. The first-order chi connectivity index (χ1) is 10.2. The molecule has 2 amide bonds. The average molecular weight is 294 g/mol. The van der Waals surface area contributed by atoms with Gasteiger partial charge in [0.15, 0.2) is 11.5 Å². The molecule has 0 aliphatic carbocycles. The van der Waals surface area contributed by atoms with E-state index in [1.165, 1.54) is 4.90 Å². The van der Waals surface area contributed by atoms with Crippen LogP contribution in [0.1, 0.15) is 12.5 Å². The summed E-state index contributed by atoms with van der Waals surface area (Å²) in [6.45, 7) is 2.51. The van der Waals surface area contributed by atoms with Gasteiger partial charge in [0.1, 0.15) is 0 Å². The third-order valence-corrected chi connectivity index (χ3v) is 3.12. The molecule has 7 heteroatoms. The predicted molar refractivity (Wildman–Crippen MR) is 73.8 cm³/mol. The molecule has 1 heterocycles. The third kappa shape index (κ3) is 3.63. The Labute approximate surface area is 122 Å². The number of ether oxygens (including phenoxy) is 2. The fraction of sp³-hybridized carbons (Fsp3) is 0.429. The van der Waals surface area contributed by atoms with Crippen molar-refractivity contribution in [2.24, 2.45) is 0 Å². The van der Waals surface area contributed by atoms with Crippen LogP contribution in [0, 0.1) is 0 Å². The van der Waals surface area contributed by atoms with Crippen LogP contribution in [0.2, 0.25) is 0 Å². The number of carbonyl (C=O) groups excluding carboxylic acids is 2. The third-order valence-electron chi connectivity index (χ3n) is 3.12. The van der Waals surface area contributed by atoms with Gasteiger partial charge in [0.05, 0.1) is 6.61 Å². The van der Waals surface area contributed by atoms with E-state index in [0.717, 1.165) is 5.56 Å². The van der Waals surface area contributed by atoms with Crippen LogP contribution in [-0.2, 0) is 16.1 Å². The maximum Gasteiger partial charge on any atom is 0.311 e. The molecule has 0 atom stereocenters. The Balaban J connectivity index is 1.90. The zero-order valence-electron chi connectivity index (χ0n) is 11.8. The zero-order valence-corrected chi connectivity index (χ0v) is 11.8. The molecule has 0 bridgehead atoms. The number of hydrogen-bond donors (Lipinski definition) is 2. The van der Waals surface area contributed by atoms with E-state index in [4.69, 9.17) is 14.6 Å². The van der Waals surface area contributed by atoms with Crippen LogP contribution >= 0.6 is 0 Å². The summed E-state index contributed by atoms with van der Waals surface area (Å²) in [5, 5.41) is 11.4. The van der Waals surface area contributed by atoms with Crippen LogP contribution in [0.3, 0.4) is 0 Å². The molecule has 1 aromatic rings. The van der Waals surface area contributed by atoms with Crippen LogP contribution in [0.25, 0.3) is 0 Å². The molecule has 0 radical (unpaired) electrons. The van der Waals surface area contributed by atoms with E-state index in [0.29, 0.717) is 18.0 Å². The first-order valence-corrected chi connectivity index (χ1v) is 6.72. The second-order valence-electron chi connectivity index (χ2n) is 4.48. The molecular weight excluding hydrogens is 276 g/mol. The normalized spacial score (nSPS) is 12.1. The number of hydrogen-bond acceptors (Lipinski definition) is 5. The van der Waals surface area contributed by atoms with Gasteiger partial charge in [-0.15, -0.1) is 0 Å².